The lowest BCUT2D eigenvalue weighted by molar-refractivity contribution is -0.203. The monoisotopic (exact) mass is 574 g/mol. The van der Waals surface area contributed by atoms with Gasteiger partial charge < -0.3 is 15.5 Å². The van der Waals surface area contributed by atoms with E-state index in [1.165, 1.54) is 18.6 Å². The van der Waals surface area contributed by atoms with Gasteiger partial charge in [0.1, 0.15) is 0 Å². The summed E-state index contributed by atoms with van der Waals surface area (Å²) in [5.41, 5.74) is 0.363. The standard InChI is InChI=1S/C32H50N2O5S/c1-5-23-27-19-21(35)13-16-32(27,4)26-14-17-31(3)24(11-12-25(31)28(26)29(23)36)20(2)15-18-33-30(37)34-40(38,39)22-9-7-6-8-10-22/h6-10,20-21,23-29,35-36H,5,11-19H2,1-4H3,(H2,33,34,37)/t20-,21-,23-,24?,25+,26+,27?,28+,29-,31?,32?/m1/s1. The zero-order valence-corrected chi connectivity index (χ0v) is 25.5. The summed E-state index contributed by atoms with van der Waals surface area (Å²) >= 11 is 0. The van der Waals surface area contributed by atoms with E-state index in [-0.39, 0.29) is 33.9 Å². The molecule has 4 aliphatic carbocycles. The molecule has 4 N–H and O–H groups in total. The van der Waals surface area contributed by atoms with Gasteiger partial charge in [0.2, 0.25) is 0 Å². The number of sulfonamides is 1. The molecular weight excluding hydrogens is 524 g/mol. The fourth-order valence-corrected chi connectivity index (χ4v) is 11.3. The number of rotatable bonds is 7. The van der Waals surface area contributed by atoms with Gasteiger partial charge in [0.05, 0.1) is 17.1 Å². The van der Waals surface area contributed by atoms with Crippen LogP contribution in [0, 0.1) is 52.3 Å². The van der Waals surface area contributed by atoms with E-state index in [0.29, 0.717) is 42.1 Å². The molecule has 40 heavy (non-hydrogen) atoms. The Bertz CT molecular complexity index is 1160. The average Bonchev–Trinajstić information content (AvgIpc) is 3.27. The molecule has 8 heteroatoms. The van der Waals surface area contributed by atoms with Gasteiger partial charge in [-0.25, -0.2) is 17.9 Å². The first-order valence-corrected chi connectivity index (χ1v) is 17.1. The molecule has 7 nitrogen and oxygen atoms in total. The lowest BCUT2D eigenvalue weighted by Crippen LogP contribution is -2.62. The normalized spacial score (nSPS) is 41.8. The molecule has 4 fully saturated rings. The number of hydrogen-bond donors (Lipinski definition) is 4. The summed E-state index contributed by atoms with van der Waals surface area (Å²) in [5, 5.41) is 25.2. The van der Waals surface area contributed by atoms with E-state index in [0.717, 1.165) is 51.4 Å². The maximum atomic E-state index is 12.5. The minimum atomic E-state index is -3.89. The van der Waals surface area contributed by atoms with Crippen LogP contribution in [0.3, 0.4) is 0 Å². The quantitative estimate of drug-likeness (QED) is 0.352. The fraction of sp³-hybridized carbons (Fsp3) is 0.781. The molecule has 4 saturated carbocycles. The van der Waals surface area contributed by atoms with Crippen molar-refractivity contribution in [2.24, 2.45) is 52.3 Å². The number of aliphatic hydroxyl groups is 2. The van der Waals surface area contributed by atoms with Crippen LogP contribution in [0.5, 0.6) is 0 Å². The van der Waals surface area contributed by atoms with Gasteiger partial charge in [0.15, 0.2) is 0 Å². The highest BCUT2D eigenvalue weighted by Crippen LogP contribution is 2.69. The summed E-state index contributed by atoms with van der Waals surface area (Å²) in [6.07, 6.45) is 8.63. The third kappa shape index (κ3) is 5.11. The summed E-state index contributed by atoms with van der Waals surface area (Å²) in [5.74, 6) is 2.91. The molecule has 4 aliphatic rings. The molecule has 224 valence electrons. The second-order valence-corrected chi connectivity index (χ2v) is 15.7. The van der Waals surface area contributed by atoms with Gasteiger partial charge in [-0.15, -0.1) is 0 Å². The molecule has 0 saturated heterocycles. The second-order valence-electron chi connectivity index (χ2n) is 14.1. The molecule has 2 amide bonds. The molecule has 4 unspecified atom stereocenters. The van der Waals surface area contributed by atoms with Gasteiger partial charge in [-0.05, 0) is 116 Å². The first-order valence-electron chi connectivity index (χ1n) is 15.6. The maximum absolute atomic E-state index is 12.5. The lowest BCUT2D eigenvalue weighted by Gasteiger charge is -2.64. The molecule has 0 aromatic heterocycles. The maximum Gasteiger partial charge on any atom is 0.328 e. The zero-order valence-electron chi connectivity index (χ0n) is 24.7. The largest absolute Gasteiger partial charge is 0.393 e. The Kier molecular flexibility index (Phi) is 8.37. The molecule has 0 aliphatic heterocycles. The number of urea groups is 1. The van der Waals surface area contributed by atoms with Gasteiger partial charge in [0.25, 0.3) is 10.0 Å². The van der Waals surface area contributed by atoms with Crippen LogP contribution in [0.25, 0.3) is 0 Å². The van der Waals surface area contributed by atoms with Crippen LogP contribution in [0.15, 0.2) is 35.2 Å². The fourth-order valence-electron chi connectivity index (χ4n) is 10.4. The molecular formula is C32H50N2O5S. The van der Waals surface area contributed by atoms with Gasteiger partial charge in [-0.2, -0.15) is 0 Å². The molecule has 0 bridgehead atoms. The van der Waals surface area contributed by atoms with E-state index in [2.05, 4.69) is 37.7 Å². The zero-order chi connectivity index (χ0) is 28.9. The summed E-state index contributed by atoms with van der Waals surface area (Å²) in [4.78, 5) is 12.5. The van der Waals surface area contributed by atoms with Crippen LogP contribution >= 0.6 is 0 Å². The van der Waals surface area contributed by atoms with Gasteiger partial charge >= 0.3 is 6.03 Å². The van der Waals surface area contributed by atoms with Crippen molar-refractivity contribution in [3.05, 3.63) is 30.3 Å². The summed E-state index contributed by atoms with van der Waals surface area (Å²) in [6.45, 7) is 9.84. The van der Waals surface area contributed by atoms with Crippen molar-refractivity contribution in [3.63, 3.8) is 0 Å². The van der Waals surface area contributed by atoms with Crippen molar-refractivity contribution in [2.75, 3.05) is 6.54 Å². The van der Waals surface area contributed by atoms with Crippen LogP contribution in [0.4, 0.5) is 4.79 Å². The SMILES string of the molecule is CC[C@@H]1C2C[C@H](O)CCC2(C)[C@H]2CCC3(C)C([C@H](C)CCNC(=O)NS(=O)(=O)c4ccccc4)CC[C@H]3[C@@H]2[C@@H]1O. The summed E-state index contributed by atoms with van der Waals surface area (Å²) in [6, 6.07) is 7.23. The van der Waals surface area contributed by atoms with E-state index in [1.807, 2.05) is 0 Å². The van der Waals surface area contributed by atoms with Crippen LogP contribution in [0.2, 0.25) is 0 Å². The smallest absolute Gasteiger partial charge is 0.328 e. The van der Waals surface area contributed by atoms with Gasteiger partial charge in [-0.1, -0.05) is 52.3 Å². The van der Waals surface area contributed by atoms with E-state index in [9.17, 15) is 23.4 Å². The number of benzene rings is 1. The third-order valence-corrected chi connectivity index (χ3v) is 13.7. The van der Waals surface area contributed by atoms with E-state index >= 15 is 0 Å². The van der Waals surface area contributed by atoms with Crippen LogP contribution < -0.4 is 10.0 Å². The number of carbonyl (C=O) groups excluding carboxylic acids is 1. The molecule has 1 aromatic carbocycles. The Balaban J connectivity index is 1.22. The first kappa shape index (κ1) is 29.8. The summed E-state index contributed by atoms with van der Waals surface area (Å²) in [7, 11) is -3.89. The molecule has 0 radical (unpaired) electrons. The molecule has 1 aromatic rings. The Morgan fingerprint density at radius 3 is 2.38 bits per heavy atom. The predicted octanol–water partition coefficient (Wildman–Crippen LogP) is 5.33. The topological polar surface area (TPSA) is 116 Å². The van der Waals surface area contributed by atoms with Crippen molar-refractivity contribution in [1.29, 1.82) is 0 Å². The van der Waals surface area contributed by atoms with Crippen molar-refractivity contribution < 1.29 is 23.4 Å². The molecule has 0 spiro atoms. The highest BCUT2D eigenvalue weighted by molar-refractivity contribution is 7.90. The first-order chi connectivity index (χ1) is 18.9. The predicted molar refractivity (Wildman–Crippen MR) is 156 cm³/mol. The average molecular weight is 575 g/mol. The Hall–Kier alpha value is -1.64. The van der Waals surface area contributed by atoms with E-state index < -0.39 is 16.1 Å². The number of hydrogen-bond acceptors (Lipinski definition) is 5. The number of fused-ring (bicyclic) bond motifs is 5. The Morgan fingerprint density at radius 2 is 1.68 bits per heavy atom. The Labute approximate surface area is 241 Å². The van der Waals surface area contributed by atoms with Crippen LogP contribution in [-0.2, 0) is 10.0 Å². The van der Waals surface area contributed by atoms with E-state index in [4.69, 9.17) is 0 Å². The van der Waals surface area contributed by atoms with Gasteiger partial charge in [0, 0.05) is 6.54 Å². The van der Waals surface area contributed by atoms with Crippen LogP contribution in [-0.4, -0.2) is 43.4 Å². The Morgan fingerprint density at radius 1 is 1.00 bits per heavy atom. The number of nitrogens with one attached hydrogen (secondary N) is 2. The number of amides is 2. The highest BCUT2D eigenvalue weighted by Gasteiger charge is 2.64. The van der Waals surface area contributed by atoms with Crippen molar-refractivity contribution in [1.82, 2.24) is 10.0 Å². The number of aliphatic hydroxyl groups excluding tert-OH is 2. The minimum absolute atomic E-state index is 0.0684. The van der Waals surface area contributed by atoms with E-state index in [1.54, 1.807) is 18.2 Å². The third-order valence-electron chi connectivity index (χ3n) is 12.3. The van der Waals surface area contributed by atoms with Crippen molar-refractivity contribution in [3.8, 4) is 0 Å². The highest BCUT2D eigenvalue weighted by atomic mass is 32.2. The molecule has 11 atom stereocenters. The minimum Gasteiger partial charge on any atom is -0.393 e. The van der Waals surface area contributed by atoms with Gasteiger partial charge in [-0.3, -0.25) is 0 Å². The van der Waals surface area contributed by atoms with Crippen molar-refractivity contribution in [2.45, 2.75) is 103 Å². The number of carbonyl (C=O) groups is 1. The second kappa shape index (κ2) is 11.2. The summed E-state index contributed by atoms with van der Waals surface area (Å²) < 4.78 is 27.0. The van der Waals surface area contributed by atoms with Crippen LogP contribution in [0.1, 0.15) is 85.5 Å². The van der Waals surface area contributed by atoms with Crippen molar-refractivity contribution >= 4 is 16.1 Å². The molecule has 5 rings (SSSR count). The lowest BCUT2D eigenvalue weighted by atomic mass is 9.41. The molecule has 0 heterocycles.